The van der Waals surface area contributed by atoms with Crippen LogP contribution in [0.1, 0.15) is 0 Å². The van der Waals surface area contributed by atoms with Gasteiger partial charge in [-0.15, -0.1) is 0 Å². The van der Waals surface area contributed by atoms with Gasteiger partial charge in [-0.1, -0.05) is 24.3 Å². The molecule has 0 saturated carbocycles. The van der Waals surface area contributed by atoms with Crippen LogP contribution in [0.5, 0.6) is 0 Å². The van der Waals surface area contributed by atoms with E-state index in [1.165, 1.54) is 23.0 Å². The zero-order valence-electron chi connectivity index (χ0n) is 9.38. The van der Waals surface area contributed by atoms with Crippen LogP contribution in [0, 0.1) is 5.82 Å². The Morgan fingerprint density at radius 3 is 2.50 bits per heavy atom. The molecule has 0 aliphatic carbocycles. The van der Waals surface area contributed by atoms with E-state index >= 15 is 0 Å². The van der Waals surface area contributed by atoms with Gasteiger partial charge in [0.15, 0.2) is 0 Å². The van der Waals surface area contributed by atoms with Crippen molar-refractivity contribution in [1.29, 1.82) is 0 Å². The Kier molecular flexibility index (Phi) is 2.41. The second kappa shape index (κ2) is 4.07. The molecule has 0 aliphatic rings. The van der Waals surface area contributed by atoms with Gasteiger partial charge in [0, 0.05) is 5.39 Å². The van der Waals surface area contributed by atoms with Crippen molar-refractivity contribution in [3.63, 3.8) is 0 Å². The summed E-state index contributed by atoms with van der Waals surface area (Å²) in [6, 6.07) is 13.5. The standard InChI is InChI=1S/C14H9FN2O/c15-13-8-4-7-11-12(13)9-16-17(14(11)18)10-5-2-1-3-6-10/h1-9H. The predicted molar refractivity (Wildman–Crippen MR) is 67.3 cm³/mol. The van der Waals surface area contributed by atoms with Crippen LogP contribution in [0.3, 0.4) is 0 Å². The molecule has 3 nitrogen and oxygen atoms in total. The van der Waals surface area contributed by atoms with Gasteiger partial charge in [-0.25, -0.2) is 4.39 Å². The minimum absolute atomic E-state index is 0.245. The molecule has 3 rings (SSSR count). The van der Waals surface area contributed by atoms with Gasteiger partial charge < -0.3 is 0 Å². The van der Waals surface area contributed by atoms with Crippen molar-refractivity contribution in [1.82, 2.24) is 9.78 Å². The smallest absolute Gasteiger partial charge is 0.267 e. The first-order valence-corrected chi connectivity index (χ1v) is 5.49. The largest absolute Gasteiger partial charge is 0.279 e. The SMILES string of the molecule is O=c1c2cccc(F)c2cnn1-c1ccccc1. The summed E-state index contributed by atoms with van der Waals surface area (Å²) in [5, 5.41) is 4.57. The molecule has 0 saturated heterocycles. The van der Waals surface area contributed by atoms with Gasteiger partial charge in [0.25, 0.3) is 5.56 Å². The fraction of sp³-hybridized carbons (Fsp3) is 0. The minimum Gasteiger partial charge on any atom is -0.267 e. The van der Waals surface area contributed by atoms with Crippen LogP contribution in [0.25, 0.3) is 16.5 Å². The van der Waals surface area contributed by atoms with E-state index in [-0.39, 0.29) is 10.9 Å². The molecule has 0 atom stereocenters. The summed E-state index contributed by atoms with van der Waals surface area (Å²) >= 11 is 0. The lowest BCUT2D eigenvalue weighted by molar-refractivity contribution is 0.638. The van der Waals surface area contributed by atoms with Gasteiger partial charge in [-0.05, 0) is 24.3 Å². The second-order valence-corrected chi connectivity index (χ2v) is 3.90. The number of halogens is 1. The summed E-state index contributed by atoms with van der Waals surface area (Å²) in [5.74, 6) is -0.433. The highest BCUT2D eigenvalue weighted by Crippen LogP contribution is 2.13. The molecule has 0 aliphatic heterocycles. The first-order valence-electron chi connectivity index (χ1n) is 5.49. The summed E-state index contributed by atoms with van der Waals surface area (Å²) in [4.78, 5) is 12.2. The summed E-state index contributed by atoms with van der Waals surface area (Å²) < 4.78 is 14.8. The van der Waals surface area contributed by atoms with Crippen molar-refractivity contribution in [3.8, 4) is 5.69 Å². The summed E-state index contributed by atoms with van der Waals surface area (Å²) in [7, 11) is 0. The molecule has 18 heavy (non-hydrogen) atoms. The molecule has 2 aromatic carbocycles. The molecule has 0 bridgehead atoms. The highest BCUT2D eigenvalue weighted by molar-refractivity contribution is 5.81. The van der Waals surface area contributed by atoms with E-state index in [1.54, 1.807) is 18.2 Å². The monoisotopic (exact) mass is 240 g/mol. The first-order chi connectivity index (χ1) is 8.77. The van der Waals surface area contributed by atoms with E-state index in [4.69, 9.17) is 0 Å². The van der Waals surface area contributed by atoms with Gasteiger partial charge in [0.2, 0.25) is 0 Å². The molecule has 0 spiro atoms. The van der Waals surface area contributed by atoms with Gasteiger partial charge in [-0.2, -0.15) is 9.78 Å². The van der Waals surface area contributed by atoms with Crippen molar-refractivity contribution in [2.45, 2.75) is 0 Å². The highest BCUT2D eigenvalue weighted by atomic mass is 19.1. The minimum atomic E-state index is -0.433. The molecule has 0 fully saturated rings. The third-order valence-corrected chi connectivity index (χ3v) is 2.78. The number of hydrogen-bond donors (Lipinski definition) is 0. The molecule has 3 aromatic rings. The maximum Gasteiger partial charge on any atom is 0.279 e. The summed E-state index contributed by atoms with van der Waals surface area (Å²) in [5.41, 5.74) is 0.340. The maximum atomic E-state index is 13.5. The summed E-state index contributed by atoms with van der Waals surface area (Å²) in [6.45, 7) is 0. The normalized spacial score (nSPS) is 10.7. The molecule has 4 heteroatoms. The maximum absolute atomic E-state index is 13.5. The van der Waals surface area contributed by atoms with E-state index < -0.39 is 5.82 Å². The predicted octanol–water partition coefficient (Wildman–Crippen LogP) is 2.52. The van der Waals surface area contributed by atoms with Gasteiger partial charge in [0.05, 0.1) is 17.3 Å². The van der Waals surface area contributed by atoms with Crippen LogP contribution in [0.15, 0.2) is 59.5 Å². The van der Waals surface area contributed by atoms with E-state index in [0.29, 0.717) is 11.1 Å². The van der Waals surface area contributed by atoms with Crippen molar-refractivity contribution < 1.29 is 4.39 Å². The third-order valence-electron chi connectivity index (χ3n) is 2.78. The van der Waals surface area contributed by atoms with Gasteiger partial charge in [0.1, 0.15) is 5.82 Å². The number of nitrogens with zero attached hydrogens (tertiary/aromatic N) is 2. The number of aromatic nitrogens is 2. The number of fused-ring (bicyclic) bond motifs is 1. The van der Waals surface area contributed by atoms with E-state index in [2.05, 4.69) is 5.10 Å². The zero-order valence-corrected chi connectivity index (χ0v) is 9.38. The number of para-hydroxylation sites is 1. The zero-order chi connectivity index (χ0) is 12.5. The van der Waals surface area contributed by atoms with Gasteiger partial charge in [-0.3, -0.25) is 4.79 Å². The van der Waals surface area contributed by atoms with Gasteiger partial charge >= 0.3 is 0 Å². The lowest BCUT2D eigenvalue weighted by Gasteiger charge is -2.05. The first kappa shape index (κ1) is 10.7. The highest BCUT2D eigenvalue weighted by Gasteiger charge is 2.08. The lowest BCUT2D eigenvalue weighted by Crippen LogP contribution is -2.21. The average molecular weight is 240 g/mol. The molecule has 0 radical (unpaired) electrons. The Balaban J connectivity index is 2.35. The lowest BCUT2D eigenvalue weighted by atomic mass is 10.2. The average Bonchev–Trinajstić information content (AvgIpc) is 2.41. The molecule has 0 unspecified atom stereocenters. The topological polar surface area (TPSA) is 34.9 Å². The fourth-order valence-electron chi connectivity index (χ4n) is 1.89. The molecule has 88 valence electrons. The molecule has 1 heterocycles. The third kappa shape index (κ3) is 1.59. The fourth-order valence-corrected chi connectivity index (χ4v) is 1.89. The molecule has 0 amide bonds. The molecule has 0 N–H and O–H groups in total. The number of hydrogen-bond acceptors (Lipinski definition) is 2. The van der Waals surface area contributed by atoms with Crippen LogP contribution < -0.4 is 5.56 Å². The Labute approximate surface area is 102 Å². The molecular weight excluding hydrogens is 231 g/mol. The Hall–Kier alpha value is -2.49. The van der Waals surface area contributed by atoms with E-state index in [9.17, 15) is 9.18 Å². The van der Waals surface area contributed by atoms with Crippen LogP contribution in [-0.2, 0) is 0 Å². The van der Waals surface area contributed by atoms with Crippen molar-refractivity contribution in [2.24, 2.45) is 0 Å². The Bertz CT molecular complexity index is 766. The van der Waals surface area contributed by atoms with Crippen LogP contribution in [0.2, 0.25) is 0 Å². The van der Waals surface area contributed by atoms with Crippen molar-refractivity contribution in [3.05, 3.63) is 70.9 Å². The molecular formula is C14H9FN2O. The van der Waals surface area contributed by atoms with Crippen LogP contribution >= 0.6 is 0 Å². The number of rotatable bonds is 1. The second-order valence-electron chi connectivity index (χ2n) is 3.90. The van der Waals surface area contributed by atoms with E-state index in [0.717, 1.165) is 0 Å². The van der Waals surface area contributed by atoms with Crippen molar-refractivity contribution >= 4 is 10.8 Å². The van der Waals surface area contributed by atoms with E-state index in [1.807, 2.05) is 18.2 Å². The van der Waals surface area contributed by atoms with Crippen LogP contribution in [0.4, 0.5) is 4.39 Å². The Morgan fingerprint density at radius 1 is 0.944 bits per heavy atom. The number of benzene rings is 2. The van der Waals surface area contributed by atoms with Crippen LogP contribution in [-0.4, -0.2) is 9.78 Å². The quantitative estimate of drug-likeness (QED) is 0.655. The Morgan fingerprint density at radius 2 is 1.72 bits per heavy atom. The molecule has 1 aromatic heterocycles. The van der Waals surface area contributed by atoms with Crippen molar-refractivity contribution in [2.75, 3.05) is 0 Å². The summed E-state index contributed by atoms with van der Waals surface area (Å²) in [6.07, 6.45) is 1.37.